The fourth-order valence-electron chi connectivity index (χ4n) is 8.42. The van der Waals surface area contributed by atoms with Crippen LogP contribution in [0.1, 0.15) is 71.1 Å². The maximum atomic E-state index is 17.2. The molecule has 2 saturated carbocycles. The van der Waals surface area contributed by atoms with Gasteiger partial charge in [-0.2, -0.15) is 0 Å². The summed E-state index contributed by atoms with van der Waals surface area (Å²) in [6.07, 6.45) is 4.84. The number of halogens is 2. The molecule has 3 aromatic carbocycles. The summed E-state index contributed by atoms with van der Waals surface area (Å²) < 4.78 is 53.6. The molecular formula is C30H27BF2N2. The first-order chi connectivity index (χ1) is 17.9. The first-order valence-electron chi connectivity index (χ1n) is 14.2. The minimum Gasteiger partial charge on any atom is -0.338 e. The highest BCUT2D eigenvalue weighted by Gasteiger charge is 2.68. The predicted octanol–water partition coefficient (Wildman–Crippen LogP) is 5.56. The number of hydrogen-bond donors (Lipinski definition) is 0. The van der Waals surface area contributed by atoms with Gasteiger partial charge in [0.05, 0.1) is 1.37 Å². The molecule has 4 aliphatic heterocycles. The van der Waals surface area contributed by atoms with E-state index in [0.717, 1.165) is 51.9 Å². The van der Waals surface area contributed by atoms with Crippen LogP contribution >= 0.6 is 0 Å². The van der Waals surface area contributed by atoms with Gasteiger partial charge in [0.15, 0.2) is 5.67 Å². The maximum absolute atomic E-state index is 17.2. The Kier molecular flexibility index (Phi) is 3.07. The third-order valence-electron chi connectivity index (χ3n) is 9.74. The summed E-state index contributed by atoms with van der Waals surface area (Å²) in [5, 5.41) is 0. The van der Waals surface area contributed by atoms with E-state index in [1.165, 1.54) is 0 Å². The molecule has 2 aliphatic carbocycles. The second kappa shape index (κ2) is 6.11. The normalized spacial score (nSPS) is 37.6. The van der Waals surface area contributed by atoms with E-state index < -0.39 is 23.4 Å². The highest BCUT2D eigenvalue weighted by molar-refractivity contribution is 7.00. The van der Waals surface area contributed by atoms with Crippen molar-refractivity contribution in [3.05, 3.63) is 65.7 Å². The molecule has 2 fully saturated rings. The summed E-state index contributed by atoms with van der Waals surface area (Å²) in [5.74, 6) is -3.15. The molecule has 0 N–H and O–H groups in total. The molecule has 0 radical (unpaired) electrons. The zero-order chi connectivity index (χ0) is 24.9. The van der Waals surface area contributed by atoms with Crippen LogP contribution in [0.2, 0.25) is 0 Å². The molecule has 35 heavy (non-hydrogen) atoms. The summed E-state index contributed by atoms with van der Waals surface area (Å²) >= 11 is 0. The minimum absolute atomic E-state index is 0.161. The molecule has 3 aromatic rings. The molecule has 0 amide bonds. The number of alkyl halides is 2. The lowest BCUT2D eigenvalue weighted by atomic mass is 9.33. The average molecular weight is 466 g/mol. The van der Waals surface area contributed by atoms with E-state index in [2.05, 4.69) is 11.0 Å². The van der Waals surface area contributed by atoms with E-state index in [-0.39, 0.29) is 19.6 Å². The van der Waals surface area contributed by atoms with Crippen LogP contribution in [0.15, 0.2) is 54.6 Å². The van der Waals surface area contributed by atoms with Gasteiger partial charge >= 0.3 is 0 Å². The van der Waals surface area contributed by atoms with Crippen LogP contribution in [0.3, 0.4) is 0 Å². The largest absolute Gasteiger partial charge is 0.338 e. The van der Waals surface area contributed by atoms with E-state index in [0.29, 0.717) is 36.9 Å². The van der Waals surface area contributed by atoms with Crippen molar-refractivity contribution >= 4 is 45.9 Å². The number of benzene rings is 3. The highest BCUT2D eigenvalue weighted by Crippen LogP contribution is 2.63. The van der Waals surface area contributed by atoms with E-state index >= 15 is 8.78 Å². The van der Waals surface area contributed by atoms with Crippen molar-refractivity contribution in [1.29, 1.82) is 0 Å². The van der Waals surface area contributed by atoms with Gasteiger partial charge in [0, 0.05) is 48.0 Å². The molecule has 2 nitrogen and oxygen atoms in total. The Balaban J connectivity index is 1.42. The standard InChI is InChI=1S/C30H27BF2N2/c32-29-16-3-4-17-30(29,33)35-25-15-7-14-24-26(25)31(22-12-6-10-20(29)28(22)35)21-11-5-9-19-18-8-1-2-13-23(18)34(24)27(19)21/h5-7,9-12,14-15,18,23H,1-4,8,13,16-17H2/i18D,23D. The van der Waals surface area contributed by atoms with Gasteiger partial charge in [0.1, 0.15) is 0 Å². The van der Waals surface area contributed by atoms with Crippen LogP contribution in [-0.2, 0) is 5.67 Å². The Morgan fingerprint density at radius 2 is 1.57 bits per heavy atom. The van der Waals surface area contributed by atoms with Gasteiger partial charge in [-0.25, -0.2) is 8.78 Å². The number of nitrogens with zero attached hydrogens (tertiary/aromatic N) is 2. The van der Waals surface area contributed by atoms with E-state index in [1.807, 2.05) is 42.5 Å². The second-order valence-corrected chi connectivity index (χ2v) is 11.2. The van der Waals surface area contributed by atoms with Gasteiger partial charge in [-0.3, -0.25) is 0 Å². The molecule has 9 rings (SSSR count). The first kappa shape index (κ1) is 17.6. The highest BCUT2D eigenvalue weighted by atomic mass is 19.2. The maximum Gasteiger partial charge on any atom is 0.252 e. The zero-order valence-electron chi connectivity index (χ0n) is 21.6. The van der Waals surface area contributed by atoms with Gasteiger partial charge in [-0.1, -0.05) is 55.3 Å². The number of hydrogen-bond acceptors (Lipinski definition) is 2. The van der Waals surface area contributed by atoms with Crippen molar-refractivity contribution in [2.45, 2.75) is 74.7 Å². The van der Waals surface area contributed by atoms with Gasteiger partial charge in [-0.15, -0.1) is 0 Å². The van der Waals surface area contributed by atoms with Crippen molar-refractivity contribution in [3.63, 3.8) is 0 Å². The van der Waals surface area contributed by atoms with Gasteiger partial charge < -0.3 is 9.80 Å². The number of fused-ring (bicyclic) bond motifs is 10. The van der Waals surface area contributed by atoms with Crippen molar-refractivity contribution in [2.75, 3.05) is 9.80 Å². The molecule has 0 aromatic heterocycles. The molecule has 0 bridgehead atoms. The first-order valence-corrected chi connectivity index (χ1v) is 13.2. The smallest absolute Gasteiger partial charge is 0.252 e. The van der Waals surface area contributed by atoms with Gasteiger partial charge in [0.2, 0.25) is 5.79 Å². The lowest BCUT2D eigenvalue weighted by Gasteiger charge is -2.48. The summed E-state index contributed by atoms with van der Waals surface area (Å²) in [6, 6.07) is 16.7. The third-order valence-corrected chi connectivity index (χ3v) is 9.74. The zero-order valence-corrected chi connectivity index (χ0v) is 19.6. The Bertz CT molecular complexity index is 1450. The lowest BCUT2D eigenvalue weighted by molar-refractivity contribution is -0.0615. The Hall–Kier alpha value is -2.82. The lowest BCUT2D eigenvalue weighted by Crippen LogP contribution is -2.64. The fourth-order valence-corrected chi connectivity index (χ4v) is 8.42. The molecule has 174 valence electrons. The molecule has 5 heteroatoms. The number of para-hydroxylation sites is 2. The Labute approximate surface area is 207 Å². The topological polar surface area (TPSA) is 6.48 Å². The second-order valence-electron chi connectivity index (χ2n) is 11.2. The van der Waals surface area contributed by atoms with E-state index in [4.69, 9.17) is 0 Å². The van der Waals surface area contributed by atoms with Crippen LogP contribution in [-0.4, -0.2) is 18.5 Å². The predicted molar refractivity (Wildman–Crippen MR) is 138 cm³/mol. The summed E-state index contributed by atoms with van der Waals surface area (Å²) in [6.45, 7) is -0.177. The van der Waals surface area contributed by atoms with Crippen LogP contribution in [0.4, 0.5) is 31.5 Å². The quantitative estimate of drug-likeness (QED) is 0.316. The Morgan fingerprint density at radius 1 is 0.829 bits per heavy atom. The number of anilines is 4. The summed E-state index contributed by atoms with van der Waals surface area (Å²) in [4.78, 5) is 3.81. The van der Waals surface area contributed by atoms with E-state index in [1.54, 1.807) is 11.0 Å². The summed E-state index contributed by atoms with van der Waals surface area (Å²) in [5.41, 5.74) is 5.65. The molecule has 6 aliphatic rings. The van der Waals surface area contributed by atoms with Crippen LogP contribution < -0.4 is 26.2 Å². The van der Waals surface area contributed by atoms with E-state index in [9.17, 15) is 2.74 Å². The van der Waals surface area contributed by atoms with Crippen molar-refractivity contribution in [2.24, 2.45) is 0 Å². The van der Waals surface area contributed by atoms with Gasteiger partial charge in [-0.05, 0) is 66.2 Å². The third kappa shape index (κ3) is 1.97. The molecule has 4 atom stereocenters. The molecule has 0 spiro atoms. The average Bonchev–Trinajstić information content (AvgIpc) is 3.25. The van der Waals surface area contributed by atoms with Crippen molar-refractivity contribution < 1.29 is 11.5 Å². The van der Waals surface area contributed by atoms with Gasteiger partial charge in [0.25, 0.3) is 6.71 Å². The number of rotatable bonds is 0. The fraction of sp³-hybridized carbons (Fsp3) is 0.400. The molecular weight excluding hydrogens is 437 g/mol. The monoisotopic (exact) mass is 466 g/mol. The Morgan fingerprint density at radius 3 is 2.49 bits per heavy atom. The summed E-state index contributed by atoms with van der Waals surface area (Å²) in [7, 11) is 0. The SMILES string of the molecule is [2H]C12CCCCC1([2H])N1c3cccc4c3B(c3cccc2c31)c1cccc2c1N4C1(F)CCCCC21F. The van der Waals surface area contributed by atoms with Crippen LogP contribution in [0.5, 0.6) is 0 Å². The minimum atomic E-state index is -2.13. The van der Waals surface area contributed by atoms with Crippen molar-refractivity contribution in [3.8, 4) is 0 Å². The van der Waals surface area contributed by atoms with Crippen LogP contribution in [0, 0.1) is 0 Å². The van der Waals surface area contributed by atoms with Crippen LogP contribution in [0.25, 0.3) is 0 Å². The molecule has 0 saturated heterocycles. The molecule has 4 unspecified atom stereocenters. The molecule has 4 heterocycles. The van der Waals surface area contributed by atoms with Crippen molar-refractivity contribution in [1.82, 2.24) is 0 Å².